The van der Waals surface area contributed by atoms with Crippen LogP contribution in [0.25, 0.3) is 0 Å². The molecule has 31 heavy (non-hydrogen) atoms. The van der Waals surface area contributed by atoms with Crippen LogP contribution in [0.5, 0.6) is 5.75 Å². The summed E-state index contributed by atoms with van der Waals surface area (Å²) >= 11 is 7.11. The lowest BCUT2D eigenvalue weighted by atomic mass is 10.2. The van der Waals surface area contributed by atoms with Crippen molar-refractivity contribution in [3.63, 3.8) is 0 Å². The average Bonchev–Trinajstić information content (AvgIpc) is 3.14. The second-order valence-corrected chi connectivity index (χ2v) is 7.50. The molecule has 0 radical (unpaired) electrons. The molecule has 0 saturated carbocycles. The van der Waals surface area contributed by atoms with Crippen LogP contribution in [0.4, 0.5) is 24.0 Å². The van der Waals surface area contributed by atoms with Crippen LogP contribution in [-0.2, 0) is 17.4 Å². The average molecular weight is 469 g/mol. The van der Waals surface area contributed by atoms with Gasteiger partial charge in [-0.05, 0) is 36.4 Å². The highest BCUT2D eigenvalue weighted by Crippen LogP contribution is 2.31. The van der Waals surface area contributed by atoms with Gasteiger partial charge in [-0.1, -0.05) is 17.7 Å². The van der Waals surface area contributed by atoms with Crippen molar-refractivity contribution in [2.24, 2.45) is 5.10 Å². The zero-order valence-electron chi connectivity index (χ0n) is 16.0. The zero-order valence-corrected chi connectivity index (χ0v) is 17.6. The molecule has 162 valence electrons. The van der Waals surface area contributed by atoms with Crippen LogP contribution in [-0.4, -0.2) is 24.2 Å². The van der Waals surface area contributed by atoms with Gasteiger partial charge < -0.3 is 10.1 Å². The number of benzene rings is 2. The van der Waals surface area contributed by atoms with Crippen LogP contribution >= 0.6 is 22.9 Å². The number of hydrogen-bond acceptors (Lipinski definition) is 6. The molecule has 11 heteroatoms. The van der Waals surface area contributed by atoms with E-state index in [0.717, 1.165) is 12.1 Å². The summed E-state index contributed by atoms with van der Waals surface area (Å²) in [7, 11) is 1.51. The number of ether oxygens (including phenoxy) is 1. The van der Waals surface area contributed by atoms with Crippen molar-refractivity contribution in [1.82, 2.24) is 10.4 Å². The Morgan fingerprint density at radius 3 is 2.84 bits per heavy atom. The molecule has 3 aromatic rings. The number of carbonyl (C=O) groups is 1. The molecule has 0 bridgehead atoms. The lowest BCUT2D eigenvalue weighted by molar-refractivity contribution is -0.137. The van der Waals surface area contributed by atoms with E-state index < -0.39 is 17.6 Å². The number of hydrazone groups is 1. The Bertz CT molecular complexity index is 1100. The van der Waals surface area contributed by atoms with Gasteiger partial charge >= 0.3 is 6.18 Å². The Morgan fingerprint density at radius 1 is 1.29 bits per heavy atom. The number of nitrogens with zero attached hydrogens (tertiary/aromatic N) is 2. The second kappa shape index (κ2) is 9.80. The van der Waals surface area contributed by atoms with Crippen LogP contribution in [0.15, 0.2) is 52.9 Å². The molecule has 0 aliphatic carbocycles. The summed E-state index contributed by atoms with van der Waals surface area (Å²) in [6.45, 7) is 0. The Balaban J connectivity index is 1.57. The number of anilines is 2. The van der Waals surface area contributed by atoms with E-state index in [0.29, 0.717) is 27.2 Å². The summed E-state index contributed by atoms with van der Waals surface area (Å²) in [5.74, 6) is 0.139. The maximum atomic E-state index is 12.8. The first-order valence-electron chi connectivity index (χ1n) is 8.79. The predicted octanol–water partition coefficient (Wildman–Crippen LogP) is 5.26. The van der Waals surface area contributed by atoms with Crippen molar-refractivity contribution < 1.29 is 22.7 Å². The molecule has 0 spiro atoms. The molecule has 1 amide bonds. The SMILES string of the molecule is COc1ccc(Cl)cc1/C=N/NC(=O)Cc1csc(Nc2cccc(C(F)(F)F)c2)n1. The van der Waals surface area contributed by atoms with Crippen molar-refractivity contribution in [2.75, 3.05) is 12.4 Å². The Morgan fingerprint density at radius 2 is 2.10 bits per heavy atom. The molecule has 3 rings (SSSR count). The molecule has 1 aromatic heterocycles. The van der Waals surface area contributed by atoms with E-state index in [-0.39, 0.29) is 12.1 Å². The molecule has 1 heterocycles. The lowest BCUT2D eigenvalue weighted by Crippen LogP contribution is -2.20. The highest BCUT2D eigenvalue weighted by Gasteiger charge is 2.30. The van der Waals surface area contributed by atoms with Crippen molar-refractivity contribution in [1.29, 1.82) is 0 Å². The number of alkyl halides is 3. The van der Waals surface area contributed by atoms with Crippen LogP contribution in [0, 0.1) is 0 Å². The quantitative estimate of drug-likeness (QED) is 0.366. The topological polar surface area (TPSA) is 75.6 Å². The first-order chi connectivity index (χ1) is 14.7. The van der Waals surface area contributed by atoms with Crippen LogP contribution in [0.2, 0.25) is 5.02 Å². The Labute approximate surface area is 184 Å². The summed E-state index contributed by atoms with van der Waals surface area (Å²) in [5.41, 5.74) is 2.92. The molecule has 2 aromatic carbocycles. The number of methoxy groups -OCH3 is 1. The van der Waals surface area contributed by atoms with Gasteiger partial charge in [-0.25, -0.2) is 10.4 Å². The molecular formula is C20H16ClF3N4O2S. The summed E-state index contributed by atoms with van der Waals surface area (Å²) in [4.78, 5) is 16.3. The lowest BCUT2D eigenvalue weighted by Gasteiger charge is -2.08. The first-order valence-corrected chi connectivity index (χ1v) is 10.0. The van der Waals surface area contributed by atoms with E-state index in [1.54, 1.807) is 23.6 Å². The Hall–Kier alpha value is -3.11. The Kier molecular flexibility index (Phi) is 7.13. The van der Waals surface area contributed by atoms with Gasteiger partial charge in [-0.15, -0.1) is 11.3 Å². The smallest absolute Gasteiger partial charge is 0.416 e. The second-order valence-electron chi connectivity index (χ2n) is 6.20. The maximum Gasteiger partial charge on any atom is 0.416 e. The van der Waals surface area contributed by atoms with E-state index in [9.17, 15) is 18.0 Å². The van der Waals surface area contributed by atoms with Gasteiger partial charge in [-0.2, -0.15) is 18.3 Å². The fourth-order valence-corrected chi connectivity index (χ4v) is 3.44. The largest absolute Gasteiger partial charge is 0.496 e. The number of hydrogen-bond donors (Lipinski definition) is 2. The van der Waals surface area contributed by atoms with Crippen LogP contribution in [0.1, 0.15) is 16.8 Å². The molecule has 6 nitrogen and oxygen atoms in total. The van der Waals surface area contributed by atoms with Gasteiger partial charge in [0.15, 0.2) is 5.13 Å². The van der Waals surface area contributed by atoms with Gasteiger partial charge in [0, 0.05) is 21.7 Å². The monoisotopic (exact) mass is 468 g/mol. The number of halogens is 4. The number of thiazole rings is 1. The highest BCUT2D eigenvalue weighted by molar-refractivity contribution is 7.13. The normalized spacial score (nSPS) is 11.5. The third kappa shape index (κ3) is 6.43. The number of amides is 1. The molecule has 0 aliphatic rings. The van der Waals surface area contributed by atoms with E-state index in [2.05, 4.69) is 20.8 Å². The highest BCUT2D eigenvalue weighted by atomic mass is 35.5. The molecule has 2 N–H and O–H groups in total. The zero-order chi connectivity index (χ0) is 22.4. The van der Waals surface area contributed by atoms with Crippen molar-refractivity contribution in [3.05, 3.63) is 69.7 Å². The molecular weight excluding hydrogens is 453 g/mol. The summed E-state index contributed by atoms with van der Waals surface area (Å²) in [6, 6.07) is 9.78. The summed E-state index contributed by atoms with van der Waals surface area (Å²) in [5, 5.41) is 9.20. The number of aromatic nitrogens is 1. The fraction of sp³-hybridized carbons (Fsp3) is 0.150. The van der Waals surface area contributed by atoms with Crippen molar-refractivity contribution in [3.8, 4) is 5.75 Å². The predicted molar refractivity (Wildman–Crippen MR) is 114 cm³/mol. The van der Waals surface area contributed by atoms with Gasteiger partial charge in [0.05, 0.1) is 31.0 Å². The van der Waals surface area contributed by atoms with E-state index in [1.807, 2.05) is 0 Å². The van der Waals surface area contributed by atoms with Crippen LogP contribution < -0.4 is 15.5 Å². The minimum Gasteiger partial charge on any atom is -0.496 e. The van der Waals surface area contributed by atoms with Crippen LogP contribution in [0.3, 0.4) is 0 Å². The summed E-state index contributed by atoms with van der Waals surface area (Å²) < 4.78 is 43.6. The number of nitrogens with one attached hydrogen (secondary N) is 2. The van der Waals surface area contributed by atoms with Gasteiger partial charge in [0.25, 0.3) is 0 Å². The number of rotatable bonds is 7. The first kappa shape index (κ1) is 22.6. The minimum absolute atomic E-state index is 0.0508. The van der Waals surface area contributed by atoms with Crippen molar-refractivity contribution in [2.45, 2.75) is 12.6 Å². The van der Waals surface area contributed by atoms with Gasteiger partial charge in [0.2, 0.25) is 5.91 Å². The van der Waals surface area contributed by atoms with Gasteiger partial charge in [-0.3, -0.25) is 4.79 Å². The molecule has 0 saturated heterocycles. The number of carbonyl (C=O) groups excluding carboxylic acids is 1. The molecule has 0 fully saturated rings. The molecule has 0 unspecified atom stereocenters. The minimum atomic E-state index is -4.43. The van der Waals surface area contributed by atoms with E-state index in [4.69, 9.17) is 16.3 Å². The summed E-state index contributed by atoms with van der Waals surface area (Å²) in [6.07, 6.45) is -3.07. The third-order valence-electron chi connectivity index (χ3n) is 3.92. The van der Waals surface area contributed by atoms with E-state index in [1.165, 1.54) is 36.8 Å². The maximum absolute atomic E-state index is 12.8. The standard InChI is InChI=1S/C20H16ClF3N4O2S/c1-30-17-6-5-14(21)7-12(17)10-25-28-18(29)9-16-11-31-19(27-16)26-15-4-2-3-13(8-15)20(22,23)24/h2-8,10-11H,9H2,1H3,(H,26,27)(H,28,29)/b25-10+. The molecule has 0 aliphatic heterocycles. The fourth-order valence-electron chi connectivity index (χ4n) is 2.53. The van der Waals surface area contributed by atoms with Gasteiger partial charge in [0.1, 0.15) is 5.75 Å². The van der Waals surface area contributed by atoms with Crippen molar-refractivity contribution >= 4 is 45.9 Å². The molecule has 0 atom stereocenters. The van der Waals surface area contributed by atoms with E-state index >= 15 is 0 Å². The third-order valence-corrected chi connectivity index (χ3v) is 4.96.